The molecule has 0 fully saturated rings. The molecule has 2 heterocycles. The summed E-state index contributed by atoms with van der Waals surface area (Å²) in [5.41, 5.74) is 6.33. The van der Waals surface area contributed by atoms with Crippen LogP contribution in [0.1, 0.15) is 22.8 Å². The Bertz CT molecular complexity index is 968. The third-order valence-corrected chi connectivity index (χ3v) is 4.00. The predicted molar refractivity (Wildman–Crippen MR) is 88.6 cm³/mol. The van der Waals surface area contributed by atoms with Gasteiger partial charge in [0.05, 0.1) is 25.7 Å². The second-order valence-electron chi connectivity index (χ2n) is 5.46. The molecule has 0 unspecified atom stereocenters. The first-order valence-electron chi connectivity index (χ1n) is 7.44. The maximum absolute atomic E-state index is 12.4. The molecular weight excluding hydrogens is 324 g/mol. The Morgan fingerprint density at radius 2 is 1.92 bits per heavy atom. The van der Waals surface area contributed by atoms with Crippen LogP contribution in [0.25, 0.3) is 0 Å². The highest BCUT2D eigenvalue weighted by molar-refractivity contribution is 5.57. The maximum Gasteiger partial charge on any atom is 0.343 e. The summed E-state index contributed by atoms with van der Waals surface area (Å²) in [7, 11) is 3.03. The Hall–Kier alpha value is -3.40. The molecule has 1 aliphatic rings. The van der Waals surface area contributed by atoms with E-state index in [0.29, 0.717) is 22.8 Å². The van der Waals surface area contributed by atoms with Crippen LogP contribution >= 0.6 is 0 Å². The average molecular weight is 340 g/mol. The molecule has 25 heavy (non-hydrogen) atoms. The number of benzene rings is 1. The van der Waals surface area contributed by atoms with Crippen LogP contribution < -0.4 is 25.6 Å². The number of fused-ring (bicyclic) bond motifs is 1. The van der Waals surface area contributed by atoms with Crippen molar-refractivity contribution in [2.45, 2.75) is 12.8 Å². The second kappa shape index (κ2) is 6.24. The van der Waals surface area contributed by atoms with Gasteiger partial charge in [0, 0.05) is 6.07 Å². The molecular formula is C18H16N2O5. The van der Waals surface area contributed by atoms with Gasteiger partial charge in [-0.3, -0.25) is 0 Å². The van der Waals surface area contributed by atoms with Crippen molar-refractivity contribution >= 4 is 0 Å². The van der Waals surface area contributed by atoms with E-state index < -0.39 is 11.5 Å². The molecule has 1 aromatic carbocycles. The largest absolute Gasteiger partial charge is 0.493 e. The van der Waals surface area contributed by atoms with Crippen LogP contribution in [-0.2, 0) is 0 Å². The van der Waals surface area contributed by atoms with Gasteiger partial charge in [-0.25, -0.2) is 4.79 Å². The van der Waals surface area contributed by atoms with Gasteiger partial charge >= 0.3 is 5.63 Å². The quantitative estimate of drug-likeness (QED) is 0.912. The maximum atomic E-state index is 12.4. The second-order valence-corrected chi connectivity index (χ2v) is 5.46. The fourth-order valence-corrected chi connectivity index (χ4v) is 2.88. The number of aryl methyl sites for hydroxylation is 1. The lowest BCUT2D eigenvalue weighted by molar-refractivity contribution is 0.353. The Morgan fingerprint density at radius 3 is 2.56 bits per heavy atom. The number of nitriles is 1. The minimum absolute atomic E-state index is 0.0419. The molecule has 0 radical (unpaired) electrons. The molecule has 1 aromatic heterocycles. The van der Waals surface area contributed by atoms with E-state index in [1.807, 2.05) is 6.07 Å². The molecule has 2 N–H and O–H groups in total. The van der Waals surface area contributed by atoms with E-state index in [2.05, 4.69) is 0 Å². The molecule has 0 saturated carbocycles. The van der Waals surface area contributed by atoms with Gasteiger partial charge in [0.25, 0.3) is 0 Å². The number of hydrogen-bond acceptors (Lipinski definition) is 7. The molecule has 0 spiro atoms. The third-order valence-electron chi connectivity index (χ3n) is 4.00. The van der Waals surface area contributed by atoms with E-state index in [9.17, 15) is 10.1 Å². The van der Waals surface area contributed by atoms with Crippen LogP contribution in [-0.4, -0.2) is 14.2 Å². The van der Waals surface area contributed by atoms with Gasteiger partial charge in [-0.05, 0) is 24.6 Å². The molecule has 2 aromatic rings. The highest BCUT2D eigenvalue weighted by Gasteiger charge is 2.34. The molecule has 0 bridgehead atoms. The van der Waals surface area contributed by atoms with Crippen LogP contribution in [0.15, 0.2) is 44.9 Å². The lowest BCUT2D eigenvalue weighted by Gasteiger charge is -2.25. The average Bonchev–Trinajstić information content (AvgIpc) is 2.59. The van der Waals surface area contributed by atoms with Gasteiger partial charge in [-0.1, -0.05) is 6.07 Å². The number of methoxy groups -OCH3 is 2. The molecule has 1 atom stereocenters. The number of nitrogens with zero attached hydrogens (tertiary/aromatic N) is 1. The molecule has 3 rings (SSSR count). The minimum Gasteiger partial charge on any atom is -0.493 e. The lowest BCUT2D eigenvalue weighted by Crippen LogP contribution is -2.26. The number of rotatable bonds is 3. The van der Waals surface area contributed by atoms with Crippen LogP contribution in [0, 0.1) is 18.3 Å². The lowest BCUT2D eigenvalue weighted by atomic mass is 9.84. The van der Waals surface area contributed by atoms with E-state index >= 15 is 0 Å². The summed E-state index contributed by atoms with van der Waals surface area (Å²) in [6.07, 6.45) is 0. The number of ether oxygens (including phenoxy) is 3. The molecule has 0 saturated heterocycles. The van der Waals surface area contributed by atoms with Crippen molar-refractivity contribution in [3.05, 3.63) is 63.0 Å². The SMILES string of the molecule is COc1ccc([C@@H]2C(C#N)=C(N)Oc3cc(C)oc(=O)c32)cc1OC. The van der Waals surface area contributed by atoms with Crippen LogP contribution in [0.2, 0.25) is 0 Å². The van der Waals surface area contributed by atoms with Crippen LogP contribution in [0.4, 0.5) is 0 Å². The van der Waals surface area contributed by atoms with E-state index in [1.165, 1.54) is 14.2 Å². The topological polar surface area (TPSA) is 108 Å². The molecule has 7 nitrogen and oxygen atoms in total. The van der Waals surface area contributed by atoms with Gasteiger partial charge in [0.1, 0.15) is 23.2 Å². The van der Waals surface area contributed by atoms with E-state index in [1.54, 1.807) is 31.2 Å². The Kier molecular flexibility index (Phi) is 4.11. The summed E-state index contributed by atoms with van der Waals surface area (Å²) in [6.45, 7) is 1.64. The van der Waals surface area contributed by atoms with E-state index in [-0.39, 0.29) is 22.8 Å². The molecule has 128 valence electrons. The highest BCUT2D eigenvalue weighted by atomic mass is 16.5. The fourth-order valence-electron chi connectivity index (χ4n) is 2.88. The number of hydrogen-bond donors (Lipinski definition) is 1. The van der Waals surface area contributed by atoms with Crippen molar-refractivity contribution in [2.75, 3.05) is 14.2 Å². The summed E-state index contributed by atoms with van der Waals surface area (Å²) < 4.78 is 21.2. The zero-order valence-corrected chi connectivity index (χ0v) is 14.0. The summed E-state index contributed by atoms with van der Waals surface area (Å²) in [5, 5.41) is 9.54. The number of allylic oxidation sites excluding steroid dienone is 1. The van der Waals surface area contributed by atoms with Crippen molar-refractivity contribution in [3.8, 4) is 23.3 Å². The Labute approximate surface area is 143 Å². The monoisotopic (exact) mass is 340 g/mol. The standard InChI is InChI=1S/C18H16N2O5/c1-9-6-14-16(18(21)24-9)15(11(8-19)17(20)25-14)10-4-5-12(22-2)13(7-10)23-3/h4-7,15H,20H2,1-3H3/t15-/m1/s1. The van der Waals surface area contributed by atoms with Crippen molar-refractivity contribution in [1.29, 1.82) is 5.26 Å². The summed E-state index contributed by atoms with van der Waals surface area (Å²) in [5.74, 6) is 0.920. The van der Waals surface area contributed by atoms with Crippen LogP contribution in [0.5, 0.6) is 17.2 Å². The van der Waals surface area contributed by atoms with Gasteiger partial charge in [-0.15, -0.1) is 0 Å². The molecule has 7 heteroatoms. The molecule has 1 aliphatic heterocycles. The summed E-state index contributed by atoms with van der Waals surface area (Å²) in [6, 6.07) is 8.74. The fraction of sp³-hybridized carbons (Fsp3) is 0.222. The first kappa shape index (κ1) is 16.5. The van der Waals surface area contributed by atoms with Gasteiger partial charge in [0.2, 0.25) is 5.88 Å². The van der Waals surface area contributed by atoms with E-state index in [0.717, 1.165) is 0 Å². The normalized spacial score (nSPS) is 15.8. The number of nitrogens with two attached hydrogens (primary N) is 1. The first-order valence-corrected chi connectivity index (χ1v) is 7.44. The Morgan fingerprint density at radius 1 is 1.20 bits per heavy atom. The minimum atomic E-state index is -0.717. The van der Waals surface area contributed by atoms with Crippen LogP contribution in [0.3, 0.4) is 0 Å². The van der Waals surface area contributed by atoms with Gasteiger partial charge in [-0.2, -0.15) is 5.26 Å². The smallest absolute Gasteiger partial charge is 0.343 e. The van der Waals surface area contributed by atoms with Gasteiger partial charge < -0.3 is 24.4 Å². The van der Waals surface area contributed by atoms with Crippen molar-refractivity contribution < 1.29 is 18.6 Å². The van der Waals surface area contributed by atoms with Gasteiger partial charge in [0.15, 0.2) is 11.5 Å². The molecule has 0 amide bonds. The van der Waals surface area contributed by atoms with E-state index in [4.69, 9.17) is 24.4 Å². The summed E-state index contributed by atoms with van der Waals surface area (Å²) >= 11 is 0. The zero-order valence-electron chi connectivity index (χ0n) is 14.0. The highest BCUT2D eigenvalue weighted by Crippen LogP contribution is 2.42. The molecule has 0 aliphatic carbocycles. The third kappa shape index (κ3) is 2.68. The van der Waals surface area contributed by atoms with Crippen molar-refractivity contribution in [1.82, 2.24) is 0 Å². The first-order chi connectivity index (χ1) is 12.0. The van der Waals surface area contributed by atoms with Crippen molar-refractivity contribution in [3.63, 3.8) is 0 Å². The summed E-state index contributed by atoms with van der Waals surface area (Å²) in [4.78, 5) is 12.4. The Balaban J connectivity index is 2.28. The van der Waals surface area contributed by atoms with Crippen molar-refractivity contribution in [2.24, 2.45) is 5.73 Å². The zero-order chi connectivity index (χ0) is 18.1. The predicted octanol–water partition coefficient (Wildman–Crippen LogP) is 2.18.